The number of amides is 1. The van der Waals surface area contributed by atoms with Crippen LogP contribution in [0.25, 0.3) is 0 Å². The summed E-state index contributed by atoms with van der Waals surface area (Å²) >= 11 is 0. The van der Waals surface area contributed by atoms with E-state index in [2.05, 4.69) is 10.6 Å². The van der Waals surface area contributed by atoms with E-state index in [0.717, 1.165) is 24.1 Å². The molecule has 0 bridgehead atoms. The van der Waals surface area contributed by atoms with Gasteiger partial charge in [-0.15, -0.1) is 0 Å². The number of benzene rings is 2. The molecule has 0 unspecified atom stereocenters. The van der Waals surface area contributed by atoms with E-state index in [1.54, 1.807) is 6.92 Å². The van der Waals surface area contributed by atoms with Gasteiger partial charge in [0.2, 0.25) is 5.91 Å². The Balaban J connectivity index is 1.72. The van der Waals surface area contributed by atoms with Crippen LogP contribution in [0.4, 0.5) is 8.78 Å². The maximum Gasteiger partial charge on any atom is 0.233 e. The minimum absolute atomic E-state index is 0.120. The van der Waals surface area contributed by atoms with E-state index in [1.165, 1.54) is 6.07 Å². The van der Waals surface area contributed by atoms with Gasteiger partial charge in [0.25, 0.3) is 0 Å². The van der Waals surface area contributed by atoms with E-state index in [-0.39, 0.29) is 18.5 Å². The fourth-order valence-corrected chi connectivity index (χ4v) is 2.20. The largest absolute Gasteiger partial charge is 0.355 e. The molecule has 0 aliphatic rings. The highest BCUT2D eigenvalue weighted by Gasteiger charge is 2.10. The summed E-state index contributed by atoms with van der Waals surface area (Å²) < 4.78 is 26.1. The summed E-state index contributed by atoms with van der Waals surface area (Å²) in [5.74, 6) is -1.89. The summed E-state index contributed by atoms with van der Waals surface area (Å²) in [5, 5.41) is 5.82. The van der Waals surface area contributed by atoms with Gasteiger partial charge in [-0.3, -0.25) is 4.79 Å². The second-order valence-corrected chi connectivity index (χ2v) is 5.36. The first-order chi connectivity index (χ1) is 11.1. The number of hydrogen-bond acceptors (Lipinski definition) is 2. The van der Waals surface area contributed by atoms with Crippen molar-refractivity contribution >= 4 is 5.91 Å². The molecular formula is C18H20F2N2O. The molecule has 0 saturated heterocycles. The first-order valence-corrected chi connectivity index (χ1v) is 7.55. The van der Waals surface area contributed by atoms with Gasteiger partial charge in [-0.1, -0.05) is 36.4 Å². The van der Waals surface area contributed by atoms with Crippen molar-refractivity contribution in [2.45, 2.75) is 19.4 Å². The van der Waals surface area contributed by atoms with Crippen LogP contribution in [0.15, 0.2) is 48.5 Å². The normalized spacial score (nSPS) is 12.0. The molecule has 2 N–H and O–H groups in total. The molecule has 0 aromatic heterocycles. The summed E-state index contributed by atoms with van der Waals surface area (Å²) in [4.78, 5) is 11.8. The van der Waals surface area contributed by atoms with Crippen LogP contribution >= 0.6 is 0 Å². The third kappa shape index (κ3) is 5.45. The zero-order valence-electron chi connectivity index (χ0n) is 13.0. The Morgan fingerprint density at radius 2 is 1.83 bits per heavy atom. The highest BCUT2D eigenvalue weighted by molar-refractivity contribution is 5.78. The van der Waals surface area contributed by atoms with Crippen LogP contribution in [0.2, 0.25) is 0 Å². The van der Waals surface area contributed by atoms with Gasteiger partial charge in [0.1, 0.15) is 0 Å². The molecule has 122 valence electrons. The monoisotopic (exact) mass is 318 g/mol. The third-order valence-electron chi connectivity index (χ3n) is 3.59. The van der Waals surface area contributed by atoms with Crippen LogP contribution in [-0.4, -0.2) is 19.0 Å². The van der Waals surface area contributed by atoms with Gasteiger partial charge < -0.3 is 10.6 Å². The summed E-state index contributed by atoms with van der Waals surface area (Å²) in [6.07, 6.45) is 0.769. The quantitative estimate of drug-likeness (QED) is 0.824. The van der Waals surface area contributed by atoms with E-state index in [4.69, 9.17) is 0 Å². The molecule has 23 heavy (non-hydrogen) atoms. The van der Waals surface area contributed by atoms with Crippen LogP contribution in [-0.2, 0) is 11.2 Å². The lowest BCUT2D eigenvalue weighted by atomic mass is 10.1. The van der Waals surface area contributed by atoms with Gasteiger partial charge in [-0.2, -0.15) is 0 Å². The molecule has 1 atom stereocenters. The number of carbonyl (C=O) groups excluding carboxylic acids is 1. The SMILES string of the molecule is C[C@@H](NCC(=O)NCCc1ccccc1)c1ccc(F)c(F)c1. The Morgan fingerprint density at radius 1 is 1.09 bits per heavy atom. The van der Waals surface area contributed by atoms with Crippen molar-refractivity contribution < 1.29 is 13.6 Å². The molecule has 2 rings (SSSR count). The predicted molar refractivity (Wildman–Crippen MR) is 85.9 cm³/mol. The molecule has 1 amide bonds. The topological polar surface area (TPSA) is 41.1 Å². The molecule has 3 nitrogen and oxygen atoms in total. The van der Waals surface area contributed by atoms with Crippen molar-refractivity contribution in [3.63, 3.8) is 0 Å². The van der Waals surface area contributed by atoms with Crippen molar-refractivity contribution in [2.75, 3.05) is 13.1 Å². The van der Waals surface area contributed by atoms with Crippen LogP contribution < -0.4 is 10.6 Å². The molecule has 0 saturated carbocycles. The van der Waals surface area contributed by atoms with E-state index in [1.807, 2.05) is 30.3 Å². The van der Waals surface area contributed by atoms with Crippen molar-refractivity contribution in [2.24, 2.45) is 0 Å². The van der Waals surface area contributed by atoms with Gasteiger partial charge >= 0.3 is 0 Å². The van der Waals surface area contributed by atoms with Gasteiger partial charge in [0.05, 0.1) is 6.54 Å². The Hall–Kier alpha value is -2.27. The highest BCUT2D eigenvalue weighted by atomic mass is 19.2. The first-order valence-electron chi connectivity index (χ1n) is 7.55. The zero-order valence-corrected chi connectivity index (χ0v) is 13.0. The summed E-state index contributed by atoms with van der Waals surface area (Å²) in [7, 11) is 0. The Bertz CT molecular complexity index is 647. The second kappa shape index (κ2) is 8.39. The van der Waals surface area contributed by atoms with E-state index >= 15 is 0 Å². The lowest BCUT2D eigenvalue weighted by Gasteiger charge is -2.14. The van der Waals surface area contributed by atoms with Gasteiger partial charge in [-0.25, -0.2) is 8.78 Å². The number of halogens is 2. The smallest absolute Gasteiger partial charge is 0.233 e. The zero-order chi connectivity index (χ0) is 16.7. The van der Waals surface area contributed by atoms with Crippen LogP contribution in [0.1, 0.15) is 24.1 Å². The minimum Gasteiger partial charge on any atom is -0.355 e. The molecule has 0 spiro atoms. The second-order valence-electron chi connectivity index (χ2n) is 5.36. The first kappa shape index (κ1) is 17.1. The summed E-state index contributed by atoms with van der Waals surface area (Å²) in [5.41, 5.74) is 1.76. The van der Waals surface area contributed by atoms with E-state index in [9.17, 15) is 13.6 Å². The van der Waals surface area contributed by atoms with Crippen LogP contribution in [0.3, 0.4) is 0 Å². The van der Waals surface area contributed by atoms with Crippen molar-refractivity contribution in [3.05, 3.63) is 71.3 Å². The van der Waals surface area contributed by atoms with Crippen molar-refractivity contribution in [1.82, 2.24) is 10.6 Å². The van der Waals surface area contributed by atoms with E-state index in [0.29, 0.717) is 12.1 Å². The van der Waals surface area contributed by atoms with E-state index < -0.39 is 11.6 Å². The summed E-state index contributed by atoms with van der Waals surface area (Å²) in [6, 6.07) is 13.4. The fraction of sp³-hybridized carbons (Fsp3) is 0.278. The van der Waals surface area contributed by atoms with Gasteiger partial charge in [0.15, 0.2) is 11.6 Å². The summed E-state index contributed by atoms with van der Waals surface area (Å²) in [6.45, 7) is 2.48. The minimum atomic E-state index is -0.886. The third-order valence-corrected chi connectivity index (χ3v) is 3.59. The lowest BCUT2D eigenvalue weighted by molar-refractivity contribution is -0.120. The Morgan fingerprint density at radius 3 is 2.52 bits per heavy atom. The van der Waals surface area contributed by atoms with Crippen molar-refractivity contribution in [1.29, 1.82) is 0 Å². The predicted octanol–water partition coefficient (Wildman–Crippen LogP) is 2.97. The maximum absolute atomic E-state index is 13.2. The molecule has 0 heterocycles. The van der Waals surface area contributed by atoms with Crippen LogP contribution in [0.5, 0.6) is 0 Å². The average molecular weight is 318 g/mol. The molecular weight excluding hydrogens is 298 g/mol. The molecule has 0 aliphatic carbocycles. The number of rotatable bonds is 7. The van der Waals surface area contributed by atoms with Gasteiger partial charge in [-0.05, 0) is 36.6 Å². The number of carbonyl (C=O) groups is 1. The average Bonchev–Trinajstić information content (AvgIpc) is 2.56. The standard InChI is InChI=1S/C18H20F2N2O/c1-13(15-7-8-16(19)17(20)11-15)22-12-18(23)21-10-9-14-5-3-2-4-6-14/h2-8,11,13,22H,9-10,12H2,1H3,(H,21,23)/t13-/m1/s1. The van der Waals surface area contributed by atoms with Gasteiger partial charge in [0, 0.05) is 12.6 Å². The Labute approximate surface area is 134 Å². The molecule has 5 heteroatoms. The molecule has 0 aliphatic heterocycles. The maximum atomic E-state index is 13.2. The number of nitrogens with one attached hydrogen (secondary N) is 2. The Kier molecular flexibility index (Phi) is 6.23. The molecule has 2 aromatic rings. The molecule has 2 aromatic carbocycles. The lowest BCUT2D eigenvalue weighted by Crippen LogP contribution is -2.36. The molecule has 0 radical (unpaired) electrons. The fourth-order valence-electron chi connectivity index (χ4n) is 2.20. The highest BCUT2D eigenvalue weighted by Crippen LogP contribution is 2.15. The molecule has 0 fully saturated rings. The van der Waals surface area contributed by atoms with Crippen LogP contribution in [0, 0.1) is 11.6 Å². The van der Waals surface area contributed by atoms with Crippen molar-refractivity contribution in [3.8, 4) is 0 Å². The number of hydrogen-bond donors (Lipinski definition) is 2.